The predicted octanol–water partition coefficient (Wildman–Crippen LogP) is 2.00. The lowest BCUT2D eigenvalue weighted by Gasteiger charge is -2.10. The first kappa shape index (κ1) is 12.4. The molecule has 7 heteroatoms. The van der Waals surface area contributed by atoms with E-state index < -0.39 is 19.2 Å². The van der Waals surface area contributed by atoms with Crippen LogP contribution in [0.3, 0.4) is 0 Å². The molecule has 1 aromatic heterocycles. The molecule has 1 heterocycles. The summed E-state index contributed by atoms with van der Waals surface area (Å²) in [6.45, 7) is -0.520. The van der Waals surface area contributed by atoms with Crippen LogP contribution in [0.1, 0.15) is 6.42 Å². The van der Waals surface area contributed by atoms with E-state index in [2.05, 4.69) is 4.98 Å². The number of nitrogens with zero attached hydrogens (tertiary/aromatic N) is 1. The maximum Gasteiger partial charge on any atom is 0.392 e. The van der Waals surface area contributed by atoms with E-state index in [0.717, 1.165) is 0 Å². The molecule has 16 heavy (non-hydrogen) atoms. The Bertz CT molecular complexity index is 355. The van der Waals surface area contributed by atoms with Crippen molar-refractivity contribution in [2.45, 2.75) is 12.6 Å². The fraction of sp³-hybridized carbons (Fsp3) is 0.444. The van der Waals surface area contributed by atoms with E-state index in [9.17, 15) is 13.2 Å². The Hall–Kier alpha value is -1.66. The van der Waals surface area contributed by atoms with Crippen molar-refractivity contribution < 1.29 is 22.6 Å². The highest BCUT2D eigenvalue weighted by Crippen LogP contribution is 2.24. The summed E-state index contributed by atoms with van der Waals surface area (Å²) in [5.41, 5.74) is 5.64. The van der Waals surface area contributed by atoms with Gasteiger partial charge in [-0.3, -0.25) is 0 Å². The van der Waals surface area contributed by atoms with Crippen LogP contribution in [-0.4, -0.2) is 24.9 Å². The largest absolute Gasteiger partial charge is 0.481 e. The average Bonchev–Trinajstić information content (AvgIpc) is 2.19. The Morgan fingerprint density at radius 3 is 2.62 bits per heavy atom. The topological polar surface area (TPSA) is 57.4 Å². The molecule has 0 atom stereocenters. The Labute approximate surface area is 90.2 Å². The van der Waals surface area contributed by atoms with Gasteiger partial charge < -0.3 is 15.2 Å². The molecule has 4 nitrogen and oxygen atoms in total. The number of aromatic nitrogens is 1. The van der Waals surface area contributed by atoms with Crippen LogP contribution >= 0.6 is 0 Å². The number of nitrogens with two attached hydrogens (primary N) is 1. The van der Waals surface area contributed by atoms with Crippen molar-refractivity contribution in [3.63, 3.8) is 0 Å². The minimum absolute atomic E-state index is 0.0522. The van der Waals surface area contributed by atoms with Crippen molar-refractivity contribution in [2.24, 2.45) is 0 Å². The highest BCUT2D eigenvalue weighted by Gasteiger charge is 2.27. The van der Waals surface area contributed by atoms with Gasteiger partial charge in [0.15, 0.2) is 0 Å². The van der Waals surface area contributed by atoms with Gasteiger partial charge in [0.25, 0.3) is 0 Å². The molecule has 0 aliphatic heterocycles. The third kappa shape index (κ3) is 3.84. The lowest BCUT2D eigenvalue weighted by Crippen LogP contribution is -2.14. The zero-order chi connectivity index (χ0) is 12.2. The van der Waals surface area contributed by atoms with Crippen molar-refractivity contribution in [3.05, 3.63) is 12.1 Å². The average molecular weight is 236 g/mol. The Balaban J connectivity index is 2.59. The fourth-order valence-electron chi connectivity index (χ4n) is 0.927. The molecule has 1 rings (SSSR count). The van der Waals surface area contributed by atoms with E-state index in [1.165, 1.54) is 19.2 Å². The van der Waals surface area contributed by atoms with Crippen LogP contribution in [0.4, 0.5) is 18.9 Å². The van der Waals surface area contributed by atoms with Crippen LogP contribution < -0.4 is 15.2 Å². The molecule has 0 amide bonds. The molecule has 0 unspecified atom stereocenters. The van der Waals surface area contributed by atoms with Crippen LogP contribution in [0.2, 0.25) is 0 Å². The molecular formula is C9H11F3N2O2. The van der Waals surface area contributed by atoms with Crippen molar-refractivity contribution >= 4 is 5.69 Å². The molecule has 2 N–H and O–H groups in total. The summed E-state index contributed by atoms with van der Waals surface area (Å²) < 4.78 is 45.2. The monoisotopic (exact) mass is 236 g/mol. The Morgan fingerprint density at radius 1 is 1.38 bits per heavy atom. The number of methoxy groups -OCH3 is 1. The smallest absolute Gasteiger partial charge is 0.392 e. The molecule has 0 fully saturated rings. The van der Waals surface area contributed by atoms with Gasteiger partial charge in [-0.2, -0.15) is 18.2 Å². The lowest BCUT2D eigenvalue weighted by atomic mass is 10.4. The first-order chi connectivity index (χ1) is 7.42. The highest BCUT2D eigenvalue weighted by atomic mass is 19.4. The number of hydrogen-bond donors (Lipinski definition) is 1. The summed E-state index contributed by atoms with van der Waals surface area (Å²) in [7, 11) is 1.39. The van der Waals surface area contributed by atoms with Gasteiger partial charge in [-0.15, -0.1) is 0 Å². The van der Waals surface area contributed by atoms with E-state index in [-0.39, 0.29) is 17.4 Å². The third-order valence-electron chi connectivity index (χ3n) is 1.70. The molecule has 0 saturated heterocycles. The van der Waals surface area contributed by atoms with Crippen molar-refractivity contribution in [1.29, 1.82) is 0 Å². The van der Waals surface area contributed by atoms with Gasteiger partial charge in [0.2, 0.25) is 11.8 Å². The normalized spacial score (nSPS) is 11.2. The Kier molecular flexibility index (Phi) is 3.81. The van der Waals surface area contributed by atoms with Crippen molar-refractivity contribution in [3.8, 4) is 11.8 Å². The molecular weight excluding hydrogens is 225 g/mol. The minimum atomic E-state index is -4.26. The van der Waals surface area contributed by atoms with E-state index in [0.29, 0.717) is 0 Å². The number of pyridine rings is 1. The first-order valence-electron chi connectivity index (χ1n) is 4.42. The number of alkyl halides is 3. The van der Waals surface area contributed by atoms with E-state index in [1.807, 2.05) is 0 Å². The molecule has 1 aromatic rings. The summed E-state index contributed by atoms with van der Waals surface area (Å²) in [4.78, 5) is 3.77. The molecule has 0 spiro atoms. The standard InChI is InChI=1S/C9H11F3N2O2/c1-15-7-3-2-6(13)8(14-7)16-5-4-9(10,11)12/h2-3H,4-5,13H2,1H3. The quantitative estimate of drug-likeness (QED) is 0.868. The van der Waals surface area contributed by atoms with Crippen LogP contribution in [0, 0.1) is 0 Å². The van der Waals surface area contributed by atoms with Gasteiger partial charge in [0.1, 0.15) is 0 Å². The van der Waals surface area contributed by atoms with Crippen LogP contribution in [0.5, 0.6) is 11.8 Å². The van der Waals surface area contributed by atoms with Gasteiger partial charge in [-0.25, -0.2) is 0 Å². The molecule has 0 aliphatic rings. The minimum Gasteiger partial charge on any atom is -0.481 e. The van der Waals surface area contributed by atoms with Crippen LogP contribution in [0.25, 0.3) is 0 Å². The Morgan fingerprint density at radius 2 is 2.06 bits per heavy atom. The van der Waals surface area contributed by atoms with Crippen LogP contribution in [-0.2, 0) is 0 Å². The summed E-state index contributed by atoms with van der Waals surface area (Å²) in [5, 5.41) is 0. The highest BCUT2D eigenvalue weighted by molar-refractivity contribution is 5.49. The SMILES string of the molecule is COc1ccc(N)c(OCCC(F)(F)F)n1. The van der Waals surface area contributed by atoms with E-state index in [1.54, 1.807) is 0 Å². The second-order valence-electron chi connectivity index (χ2n) is 2.96. The lowest BCUT2D eigenvalue weighted by molar-refractivity contribution is -0.139. The molecule has 90 valence electrons. The third-order valence-corrected chi connectivity index (χ3v) is 1.70. The summed E-state index contributed by atoms with van der Waals surface area (Å²) in [6, 6.07) is 2.95. The van der Waals surface area contributed by atoms with Crippen LogP contribution in [0.15, 0.2) is 12.1 Å². The van der Waals surface area contributed by atoms with E-state index in [4.69, 9.17) is 15.2 Å². The summed E-state index contributed by atoms with van der Waals surface area (Å²) in [5.74, 6) is 0.180. The summed E-state index contributed by atoms with van der Waals surface area (Å²) in [6.07, 6.45) is -5.31. The molecule has 0 aliphatic carbocycles. The molecule has 0 radical (unpaired) electrons. The molecule has 0 bridgehead atoms. The number of anilines is 1. The van der Waals surface area contributed by atoms with Crippen molar-refractivity contribution in [2.75, 3.05) is 19.5 Å². The zero-order valence-corrected chi connectivity index (χ0v) is 8.54. The van der Waals surface area contributed by atoms with Crippen molar-refractivity contribution in [1.82, 2.24) is 4.98 Å². The second kappa shape index (κ2) is 4.91. The first-order valence-corrected chi connectivity index (χ1v) is 4.42. The molecule has 0 aromatic carbocycles. The summed E-state index contributed by atoms with van der Waals surface area (Å²) >= 11 is 0. The number of ether oxygens (including phenoxy) is 2. The maximum absolute atomic E-state index is 11.8. The number of rotatable bonds is 4. The van der Waals surface area contributed by atoms with Gasteiger partial charge >= 0.3 is 6.18 Å². The number of nitrogen functional groups attached to an aromatic ring is 1. The zero-order valence-electron chi connectivity index (χ0n) is 8.54. The van der Waals surface area contributed by atoms with E-state index >= 15 is 0 Å². The fourth-order valence-corrected chi connectivity index (χ4v) is 0.927. The van der Waals surface area contributed by atoms with Gasteiger partial charge in [0, 0.05) is 6.07 Å². The number of hydrogen-bond acceptors (Lipinski definition) is 4. The molecule has 0 saturated carbocycles. The predicted molar refractivity (Wildman–Crippen MR) is 51.4 cm³/mol. The number of halogens is 3. The van der Waals surface area contributed by atoms with Gasteiger partial charge in [-0.1, -0.05) is 0 Å². The van der Waals surface area contributed by atoms with Gasteiger partial charge in [-0.05, 0) is 6.07 Å². The second-order valence-corrected chi connectivity index (χ2v) is 2.96. The maximum atomic E-state index is 11.8. The van der Waals surface area contributed by atoms with Gasteiger partial charge in [0.05, 0.1) is 25.8 Å².